The fourth-order valence-corrected chi connectivity index (χ4v) is 1.51. The SMILES string of the molecule is Cc1ccnc2c1NCCN2C. The highest BCUT2D eigenvalue weighted by molar-refractivity contribution is 5.70. The summed E-state index contributed by atoms with van der Waals surface area (Å²) in [5.41, 5.74) is 2.46. The van der Waals surface area contributed by atoms with Crippen molar-refractivity contribution in [3.63, 3.8) is 0 Å². The molecule has 1 N–H and O–H groups in total. The Bertz CT molecular complexity index is 296. The van der Waals surface area contributed by atoms with Crippen LogP contribution in [0.1, 0.15) is 5.56 Å². The first-order chi connectivity index (χ1) is 5.79. The van der Waals surface area contributed by atoms with Crippen LogP contribution >= 0.6 is 0 Å². The minimum Gasteiger partial charge on any atom is -0.380 e. The molecule has 1 aliphatic rings. The Hall–Kier alpha value is -1.25. The van der Waals surface area contributed by atoms with Gasteiger partial charge in [0.2, 0.25) is 0 Å². The number of pyridine rings is 1. The van der Waals surface area contributed by atoms with E-state index in [1.807, 2.05) is 12.3 Å². The Labute approximate surface area is 72.4 Å². The van der Waals surface area contributed by atoms with E-state index in [1.54, 1.807) is 0 Å². The molecule has 0 saturated carbocycles. The Morgan fingerprint density at radius 3 is 3.17 bits per heavy atom. The molecule has 64 valence electrons. The maximum atomic E-state index is 4.32. The second kappa shape index (κ2) is 2.66. The van der Waals surface area contributed by atoms with E-state index in [2.05, 4.69) is 29.2 Å². The molecule has 12 heavy (non-hydrogen) atoms. The van der Waals surface area contributed by atoms with Crippen LogP contribution in [0.3, 0.4) is 0 Å². The van der Waals surface area contributed by atoms with Gasteiger partial charge in [0.15, 0.2) is 5.82 Å². The van der Waals surface area contributed by atoms with Crippen molar-refractivity contribution in [2.75, 3.05) is 30.4 Å². The first-order valence-corrected chi connectivity index (χ1v) is 4.19. The van der Waals surface area contributed by atoms with Crippen LogP contribution in [-0.2, 0) is 0 Å². The lowest BCUT2D eigenvalue weighted by Crippen LogP contribution is -2.31. The summed E-state index contributed by atoms with van der Waals surface area (Å²) in [5.74, 6) is 1.07. The number of hydrogen-bond acceptors (Lipinski definition) is 3. The molecule has 2 rings (SSSR count). The Balaban J connectivity index is 2.52. The third-order valence-electron chi connectivity index (χ3n) is 2.25. The summed E-state index contributed by atoms with van der Waals surface area (Å²) in [6.07, 6.45) is 1.86. The highest BCUT2D eigenvalue weighted by atomic mass is 15.2. The number of anilines is 2. The smallest absolute Gasteiger partial charge is 0.152 e. The third-order valence-corrected chi connectivity index (χ3v) is 2.25. The number of nitrogens with one attached hydrogen (secondary N) is 1. The Morgan fingerprint density at radius 1 is 1.58 bits per heavy atom. The standard InChI is InChI=1S/C9H13N3/c1-7-3-4-11-9-8(7)10-5-6-12(9)2/h3-4,10H,5-6H2,1-2H3. The third kappa shape index (κ3) is 1.02. The van der Waals surface area contributed by atoms with Crippen LogP contribution in [0.4, 0.5) is 11.5 Å². The van der Waals surface area contributed by atoms with Crippen LogP contribution in [0.25, 0.3) is 0 Å². The zero-order valence-corrected chi connectivity index (χ0v) is 7.46. The van der Waals surface area contributed by atoms with Gasteiger partial charge in [0.1, 0.15) is 0 Å². The predicted molar refractivity (Wildman–Crippen MR) is 50.7 cm³/mol. The van der Waals surface area contributed by atoms with E-state index < -0.39 is 0 Å². The Morgan fingerprint density at radius 2 is 2.42 bits per heavy atom. The average Bonchev–Trinajstić information content (AvgIpc) is 2.07. The minimum absolute atomic E-state index is 1.01. The van der Waals surface area contributed by atoms with Gasteiger partial charge in [0.05, 0.1) is 5.69 Å². The van der Waals surface area contributed by atoms with Crippen molar-refractivity contribution in [1.29, 1.82) is 0 Å². The topological polar surface area (TPSA) is 28.2 Å². The highest BCUT2D eigenvalue weighted by Crippen LogP contribution is 2.27. The van der Waals surface area contributed by atoms with Gasteiger partial charge in [-0.2, -0.15) is 0 Å². The molecular weight excluding hydrogens is 150 g/mol. The molecule has 1 aromatic heterocycles. The number of fused-ring (bicyclic) bond motifs is 1. The molecule has 0 spiro atoms. The maximum absolute atomic E-state index is 4.32. The van der Waals surface area contributed by atoms with Crippen molar-refractivity contribution in [1.82, 2.24) is 4.98 Å². The lowest BCUT2D eigenvalue weighted by molar-refractivity contribution is 0.861. The van der Waals surface area contributed by atoms with Gasteiger partial charge < -0.3 is 10.2 Å². The van der Waals surface area contributed by atoms with Gasteiger partial charge in [0, 0.05) is 26.3 Å². The fraction of sp³-hybridized carbons (Fsp3) is 0.444. The molecule has 0 radical (unpaired) electrons. The van der Waals surface area contributed by atoms with E-state index in [4.69, 9.17) is 0 Å². The number of hydrogen-bond donors (Lipinski definition) is 1. The van der Waals surface area contributed by atoms with Crippen molar-refractivity contribution in [2.45, 2.75) is 6.92 Å². The number of nitrogens with zero attached hydrogens (tertiary/aromatic N) is 2. The predicted octanol–water partition coefficient (Wildman–Crippen LogP) is 1.25. The van der Waals surface area contributed by atoms with Crippen molar-refractivity contribution >= 4 is 11.5 Å². The minimum atomic E-state index is 1.01. The molecule has 0 amide bonds. The molecule has 0 atom stereocenters. The second-order valence-electron chi connectivity index (χ2n) is 3.17. The summed E-state index contributed by atoms with van der Waals surface area (Å²) in [6.45, 7) is 4.14. The van der Waals surface area contributed by atoms with Crippen molar-refractivity contribution in [3.05, 3.63) is 17.8 Å². The summed E-state index contributed by atoms with van der Waals surface area (Å²) in [6, 6.07) is 2.03. The van der Waals surface area contributed by atoms with Crippen LogP contribution in [0.2, 0.25) is 0 Å². The highest BCUT2D eigenvalue weighted by Gasteiger charge is 2.14. The average molecular weight is 163 g/mol. The zero-order valence-electron chi connectivity index (χ0n) is 7.46. The normalized spacial score (nSPS) is 15.3. The van der Waals surface area contributed by atoms with Crippen LogP contribution < -0.4 is 10.2 Å². The van der Waals surface area contributed by atoms with Crippen LogP contribution in [0.15, 0.2) is 12.3 Å². The van der Waals surface area contributed by atoms with E-state index in [0.29, 0.717) is 0 Å². The van der Waals surface area contributed by atoms with E-state index in [1.165, 1.54) is 11.3 Å². The molecule has 1 aliphatic heterocycles. The van der Waals surface area contributed by atoms with E-state index in [-0.39, 0.29) is 0 Å². The quantitative estimate of drug-likeness (QED) is 0.624. The molecule has 2 heterocycles. The van der Waals surface area contributed by atoms with E-state index >= 15 is 0 Å². The van der Waals surface area contributed by atoms with Gasteiger partial charge in [-0.1, -0.05) is 0 Å². The zero-order chi connectivity index (χ0) is 8.55. The van der Waals surface area contributed by atoms with Crippen molar-refractivity contribution in [2.24, 2.45) is 0 Å². The number of aromatic nitrogens is 1. The molecule has 0 aromatic carbocycles. The van der Waals surface area contributed by atoms with Gasteiger partial charge in [0.25, 0.3) is 0 Å². The van der Waals surface area contributed by atoms with Gasteiger partial charge in [-0.25, -0.2) is 4.98 Å². The number of aryl methyl sites for hydroxylation is 1. The van der Waals surface area contributed by atoms with Crippen molar-refractivity contribution < 1.29 is 0 Å². The molecule has 3 nitrogen and oxygen atoms in total. The maximum Gasteiger partial charge on any atom is 0.152 e. The van der Waals surface area contributed by atoms with Crippen LogP contribution in [0.5, 0.6) is 0 Å². The van der Waals surface area contributed by atoms with E-state index in [9.17, 15) is 0 Å². The molecule has 0 saturated heterocycles. The van der Waals surface area contributed by atoms with Crippen LogP contribution in [-0.4, -0.2) is 25.1 Å². The van der Waals surface area contributed by atoms with Gasteiger partial charge in [-0.3, -0.25) is 0 Å². The molecular formula is C9H13N3. The molecule has 0 aliphatic carbocycles. The van der Waals surface area contributed by atoms with Crippen molar-refractivity contribution in [3.8, 4) is 0 Å². The molecule has 0 bridgehead atoms. The monoisotopic (exact) mass is 163 g/mol. The molecule has 0 fully saturated rings. The molecule has 0 unspecified atom stereocenters. The van der Waals surface area contributed by atoms with Gasteiger partial charge >= 0.3 is 0 Å². The van der Waals surface area contributed by atoms with Crippen LogP contribution in [0, 0.1) is 6.92 Å². The lowest BCUT2D eigenvalue weighted by atomic mass is 10.2. The fourth-order valence-electron chi connectivity index (χ4n) is 1.51. The second-order valence-corrected chi connectivity index (χ2v) is 3.17. The summed E-state index contributed by atoms with van der Waals surface area (Å²) < 4.78 is 0. The number of likely N-dealkylation sites (N-methyl/N-ethyl adjacent to an activating group) is 1. The van der Waals surface area contributed by atoms with Gasteiger partial charge in [-0.05, 0) is 18.6 Å². The summed E-state index contributed by atoms with van der Waals surface area (Å²) in [4.78, 5) is 6.50. The van der Waals surface area contributed by atoms with E-state index in [0.717, 1.165) is 18.9 Å². The summed E-state index contributed by atoms with van der Waals surface area (Å²) >= 11 is 0. The number of rotatable bonds is 0. The van der Waals surface area contributed by atoms with Gasteiger partial charge in [-0.15, -0.1) is 0 Å². The lowest BCUT2D eigenvalue weighted by Gasteiger charge is -2.28. The summed E-state index contributed by atoms with van der Waals surface area (Å²) in [7, 11) is 2.08. The Kier molecular flexibility index (Phi) is 1.64. The largest absolute Gasteiger partial charge is 0.380 e. The summed E-state index contributed by atoms with van der Waals surface area (Å²) in [5, 5.41) is 3.36. The molecule has 3 heteroatoms. The first-order valence-electron chi connectivity index (χ1n) is 4.19. The first kappa shape index (κ1) is 7.40. The molecule has 1 aromatic rings.